The number of phenolic OH excluding ortho intramolecular Hbond substituents is 1. The monoisotopic (exact) mass is 438 g/mol. The van der Waals surface area contributed by atoms with Crippen LogP contribution >= 0.6 is 0 Å². The average molecular weight is 438 g/mol. The Balaban J connectivity index is 0.000000139. The van der Waals surface area contributed by atoms with Gasteiger partial charge >= 0.3 is 0 Å². The Morgan fingerprint density at radius 3 is 1.85 bits per heavy atom. The van der Waals surface area contributed by atoms with E-state index in [-0.39, 0.29) is 16.9 Å². The van der Waals surface area contributed by atoms with Gasteiger partial charge in [-0.3, -0.25) is 19.6 Å². The molecule has 0 saturated heterocycles. The summed E-state index contributed by atoms with van der Waals surface area (Å²) in [7, 11) is 1.61. The number of hydrogen-bond acceptors (Lipinski definition) is 6. The Hall–Kier alpha value is -4.72. The Labute approximate surface area is 186 Å². The van der Waals surface area contributed by atoms with Crippen LogP contribution in [0.3, 0.4) is 0 Å². The minimum Gasteiger partial charge on any atom is -0.508 e. The molecule has 0 aliphatic rings. The van der Waals surface area contributed by atoms with Crippen LogP contribution in [0.4, 0.5) is 0 Å². The summed E-state index contributed by atoms with van der Waals surface area (Å²) < 4.78 is 5.18. The fourth-order valence-electron chi connectivity index (χ4n) is 3.78. The van der Waals surface area contributed by atoms with E-state index in [2.05, 4.69) is 19.9 Å². The first-order valence-corrected chi connectivity index (χ1v) is 10.1. The minimum atomic E-state index is -0.165. The summed E-state index contributed by atoms with van der Waals surface area (Å²) >= 11 is 0. The van der Waals surface area contributed by atoms with Gasteiger partial charge in [0.15, 0.2) is 0 Å². The highest BCUT2D eigenvalue weighted by Crippen LogP contribution is 2.24. The zero-order valence-corrected chi connectivity index (χ0v) is 17.5. The normalized spacial score (nSPS) is 10.9. The van der Waals surface area contributed by atoms with Crippen molar-refractivity contribution >= 4 is 43.6 Å². The smallest absolute Gasteiger partial charge is 0.257 e. The Morgan fingerprint density at radius 2 is 1.27 bits per heavy atom. The fourth-order valence-corrected chi connectivity index (χ4v) is 3.78. The third kappa shape index (κ3) is 3.63. The van der Waals surface area contributed by atoms with E-state index in [1.165, 1.54) is 6.07 Å². The molecule has 0 aliphatic carbocycles. The van der Waals surface area contributed by atoms with Gasteiger partial charge in [-0.2, -0.15) is 0 Å². The molecule has 4 aromatic heterocycles. The van der Waals surface area contributed by atoms with Gasteiger partial charge < -0.3 is 19.8 Å². The van der Waals surface area contributed by atoms with Gasteiger partial charge in [0.1, 0.15) is 11.5 Å². The van der Waals surface area contributed by atoms with Crippen molar-refractivity contribution < 1.29 is 9.84 Å². The van der Waals surface area contributed by atoms with Crippen molar-refractivity contribution in [2.45, 2.75) is 0 Å². The maximum Gasteiger partial charge on any atom is 0.257 e. The molecule has 162 valence electrons. The lowest BCUT2D eigenvalue weighted by molar-refractivity contribution is 0.415. The topological polar surface area (TPSA) is 121 Å². The van der Waals surface area contributed by atoms with Crippen LogP contribution in [0.5, 0.6) is 11.5 Å². The van der Waals surface area contributed by atoms with E-state index in [1.807, 2.05) is 18.2 Å². The molecule has 2 aromatic carbocycles. The number of pyridine rings is 4. The van der Waals surface area contributed by atoms with E-state index >= 15 is 0 Å². The number of nitrogens with one attached hydrogen (secondary N) is 2. The number of aromatic amines is 2. The van der Waals surface area contributed by atoms with Gasteiger partial charge in [0.25, 0.3) is 11.1 Å². The van der Waals surface area contributed by atoms with Gasteiger partial charge in [0.2, 0.25) is 0 Å². The van der Waals surface area contributed by atoms with Crippen molar-refractivity contribution in [1.82, 2.24) is 19.9 Å². The summed E-state index contributed by atoms with van der Waals surface area (Å²) in [6.07, 6.45) is 3.31. The van der Waals surface area contributed by atoms with Crippen LogP contribution in [0, 0.1) is 0 Å². The van der Waals surface area contributed by atoms with Crippen LogP contribution in [-0.4, -0.2) is 32.2 Å². The number of phenols is 1. The largest absolute Gasteiger partial charge is 0.508 e. The molecule has 0 aliphatic heterocycles. The highest BCUT2D eigenvalue weighted by molar-refractivity contribution is 6.03. The average Bonchev–Trinajstić information content (AvgIpc) is 2.85. The predicted octanol–water partition coefficient (Wildman–Crippen LogP) is 3.87. The predicted molar refractivity (Wildman–Crippen MR) is 128 cm³/mol. The minimum absolute atomic E-state index is 0.120. The van der Waals surface area contributed by atoms with Gasteiger partial charge in [-0.05, 0) is 60.7 Å². The number of aromatic hydroxyl groups is 1. The van der Waals surface area contributed by atoms with Crippen molar-refractivity contribution in [3.8, 4) is 11.5 Å². The summed E-state index contributed by atoms with van der Waals surface area (Å²) in [5, 5.41) is 12.2. The fraction of sp³-hybridized carbons (Fsp3) is 0.0400. The van der Waals surface area contributed by atoms with Crippen LogP contribution in [0.1, 0.15) is 0 Å². The van der Waals surface area contributed by atoms with Crippen molar-refractivity contribution in [3.05, 3.63) is 93.8 Å². The summed E-state index contributed by atoms with van der Waals surface area (Å²) in [6.45, 7) is 0. The molecule has 4 heterocycles. The van der Waals surface area contributed by atoms with E-state index in [9.17, 15) is 14.7 Å². The van der Waals surface area contributed by atoms with Crippen molar-refractivity contribution in [1.29, 1.82) is 0 Å². The molecule has 0 atom stereocenters. The molecule has 8 nitrogen and oxygen atoms in total. The second kappa shape index (κ2) is 8.08. The Bertz CT molecular complexity index is 1770. The van der Waals surface area contributed by atoms with E-state index in [0.29, 0.717) is 27.3 Å². The summed E-state index contributed by atoms with van der Waals surface area (Å²) in [5.41, 5.74) is 2.46. The number of hydrogen-bond donors (Lipinski definition) is 3. The SMILES string of the molecule is COc1ccc2[nH]c(=O)c3cccnc3c2c1.O=c1[nH]c2ccc(O)cc2c2ncccc12. The second-order valence-corrected chi connectivity index (χ2v) is 7.35. The molecule has 0 unspecified atom stereocenters. The molecule has 0 fully saturated rings. The van der Waals surface area contributed by atoms with Gasteiger partial charge in [-0.15, -0.1) is 0 Å². The lowest BCUT2D eigenvalue weighted by atomic mass is 10.1. The molecular weight excluding hydrogens is 420 g/mol. The lowest BCUT2D eigenvalue weighted by Gasteiger charge is -2.04. The van der Waals surface area contributed by atoms with Crippen molar-refractivity contribution in [3.63, 3.8) is 0 Å². The number of nitrogens with zero attached hydrogens (tertiary/aromatic N) is 2. The van der Waals surface area contributed by atoms with Crippen molar-refractivity contribution in [2.24, 2.45) is 0 Å². The molecule has 3 N–H and O–H groups in total. The molecular formula is C25H18N4O4. The van der Waals surface area contributed by atoms with Crippen LogP contribution in [0.15, 0.2) is 82.6 Å². The first kappa shape index (κ1) is 20.2. The number of aromatic nitrogens is 4. The highest BCUT2D eigenvalue weighted by Gasteiger charge is 2.07. The number of benzene rings is 2. The molecule has 0 spiro atoms. The molecule has 8 heteroatoms. The lowest BCUT2D eigenvalue weighted by Crippen LogP contribution is -2.06. The Morgan fingerprint density at radius 1 is 0.727 bits per heavy atom. The first-order valence-electron chi connectivity index (χ1n) is 10.1. The van der Waals surface area contributed by atoms with Crippen LogP contribution < -0.4 is 15.9 Å². The van der Waals surface area contributed by atoms with Crippen LogP contribution in [-0.2, 0) is 0 Å². The standard InChI is InChI=1S/C13H10N2O2.C12H8N2O2/c1-17-8-4-5-11-10(7-8)12-9(13(16)15-11)3-2-6-14-12;15-7-3-4-10-9(6-7)11-8(12(16)14-10)2-1-5-13-11/h2-7H,1H3,(H,15,16);1-6,15H,(H,14,16). The third-order valence-corrected chi connectivity index (χ3v) is 5.34. The van der Waals surface area contributed by atoms with E-state index in [4.69, 9.17) is 4.74 Å². The zero-order valence-electron chi connectivity index (χ0n) is 17.5. The zero-order chi connectivity index (χ0) is 22.9. The molecule has 6 rings (SSSR count). The highest BCUT2D eigenvalue weighted by atomic mass is 16.5. The maximum atomic E-state index is 11.8. The number of methoxy groups -OCH3 is 1. The van der Waals surface area contributed by atoms with E-state index < -0.39 is 0 Å². The van der Waals surface area contributed by atoms with Crippen molar-refractivity contribution in [2.75, 3.05) is 7.11 Å². The van der Waals surface area contributed by atoms with E-state index in [1.54, 1.807) is 55.9 Å². The first-order chi connectivity index (χ1) is 16.0. The van der Waals surface area contributed by atoms with E-state index in [0.717, 1.165) is 22.0 Å². The molecule has 0 saturated carbocycles. The number of ether oxygens (including phenoxy) is 1. The Kier molecular flexibility index (Phi) is 4.95. The summed E-state index contributed by atoms with van der Waals surface area (Å²) in [6, 6.07) is 17.3. The number of fused-ring (bicyclic) bond motifs is 6. The third-order valence-electron chi connectivity index (χ3n) is 5.34. The summed E-state index contributed by atoms with van der Waals surface area (Å²) in [5.74, 6) is 0.906. The van der Waals surface area contributed by atoms with Gasteiger partial charge in [0.05, 0.1) is 39.9 Å². The second-order valence-electron chi connectivity index (χ2n) is 7.35. The molecule has 0 amide bonds. The van der Waals surface area contributed by atoms with Crippen LogP contribution in [0.2, 0.25) is 0 Å². The van der Waals surface area contributed by atoms with Gasteiger partial charge in [-0.25, -0.2) is 0 Å². The van der Waals surface area contributed by atoms with Gasteiger partial charge in [0, 0.05) is 23.2 Å². The van der Waals surface area contributed by atoms with Gasteiger partial charge in [-0.1, -0.05) is 0 Å². The number of H-pyrrole nitrogens is 2. The quantitative estimate of drug-likeness (QED) is 0.335. The molecule has 0 radical (unpaired) electrons. The maximum absolute atomic E-state index is 11.8. The number of rotatable bonds is 1. The molecule has 33 heavy (non-hydrogen) atoms. The molecule has 0 bridgehead atoms. The summed E-state index contributed by atoms with van der Waals surface area (Å²) in [4.78, 5) is 37.6. The molecule has 6 aromatic rings. The van der Waals surface area contributed by atoms with Crippen LogP contribution in [0.25, 0.3) is 43.6 Å².